The summed E-state index contributed by atoms with van der Waals surface area (Å²) in [6, 6.07) is 19.6. The molecule has 180 valence electrons. The molecule has 0 radical (unpaired) electrons. The molecule has 4 rings (SSSR count). The van der Waals surface area contributed by atoms with Gasteiger partial charge in [0.2, 0.25) is 5.75 Å². The van der Waals surface area contributed by atoms with Crippen LogP contribution in [0, 0.1) is 12.7 Å². The second kappa shape index (κ2) is 10.9. The van der Waals surface area contributed by atoms with Crippen molar-refractivity contribution in [1.29, 1.82) is 0 Å². The van der Waals surface area contributed by atoms with E-state index in [4.69, 9.17) is 14.2 Å². The molecule has 0 amide bonds. The van der Waals surface area contributed by atoms with Crippen LogP contribution < -0.4 is 14.2 Å². The third-order valence-corrected chi connectivity index (χ3v) is 6.53. The van der Waals surface area contributed by atoms with Gasteiger partial charge in [-0.3, -0.25) is 9.80 Å². The van der Waals surface area contributed by atoms with Gasteiger partial charge in [-0.05, 0) is 36.2 Å². The average Bonchev–Trinajstić information content (AvgIpc) is 2.87. The number of ether oxygens (including phenoxy) is 3. The molecule has 0 bridgehead atoms. The van der Waals surface area contributed by atoms with Crippen molar-refractivity contribution in [3.63, 3.8) is 0 Å². The molecule has 0 saturated carbocycles. The summed E-state index contributed by atoms with van der Waals surface area (Å²) < 4.78 is 30.3. The predicted octanol–water partition coefficient (Wildman–Crippen LogP) is 5.07. The lowest BCUT2D eigenvalue weighted by Crippen LogP contribution is -2.47. The van der Waals surface area contributed by atoms with E-state index in [1.54, 1.807) is 33.5 Å². The molecule has 1 unspecified atom stereocenters. The van der Waals surface area contributed by atoms with E-state index >= 15 is 0 Å². The Balaban J connectivity index is 1.51. The molecule has 1 aliphatic rings. The molecule has 34 heavy (non-hydrogen) atoms. The highest BCUT2D eigenvalue weighted by Crippen LogP contribution is 2.40. The summed E-state index contributed by atoms with van der Waals surface area (Å²) >= 11 is 0. The zero-order valence-corrected chi connectivity index (χ0v) is 20.4. The first-order chi connectivity index (χ1) is 16.5. The molecule has 0 aliphatic carbocycles. The zero-order chi connectivity index (χ0) is 24.1. The Morgan fingerprint density at radius 1 is 0.735 bits per heavy atom. The second-order valence-electron chi connectivity index (χ2n) is 8.67. The van der Waals surface area contributed by atoms with E-state index in [1.807, 2.05) is 24.3 Å². The molecule has 1 aliphatic heterocycles. The molecule has 6 heteroatoms. The first-order valence-corrected chi connectivity index (χ1v) is 11.6. The lowest BCUT2D eigenvalue weighted by Gasteiger charge is -2.40. The number of benzene rings is 3. The smallest absolute Gasteiger partial charge is 0.203 e. The molecular weight excluding hydrogens is 431 g/mol. The Hall–Kier alpha value is -3.09. The first-order valence-electron chi connectivity index (χ1n) is 11.6. The number of hydrogen-bond acceptors (Lipinski definition) is 5. The van der Waals surface area contributed by atoms with Crippen LogP contribution in [-0.4, -0.2) is 57.3 Å². The highest BCUT2D eigenvalue weighted by atomic mass is 19.1. The molecule has 1 saturated heterocycles. The van der Waals surface area contributed by atoms with E-state index in [2.05, 4.69) is 41.0 Å². The van der Waals surface area contributed by atoms with Gasteiger partial charge < -0.3 is 14.2 Å². The van der Waals surface area contributed by atoms with Crippen molar-refractivity contribution in [3.05, 3.63) is 88.7 Å². The summed E-state index contributed by atoms with van der Waals surface area (Å²) in [5.41, 5.74) is 4.64. The average molecular weight is 465 g/mol. The van der Waals surface area contributed by atoms with Crippen LogP contribution in [0.2, 0.25) is 0 Å². The van der Waals surface area contributed by atoms with Crippen LogP contribution in [0.25, 0.3) is 0 Å². The van der Waals surface area contributed by atoms with Crippen molar-refractivity contribution >= 4 is 0 Å². The van der Waals surface area contributed by atoms with E-state index in [0.717, 1.165) is 43.9 Å². The van der Waals surface area contributed by atoms with E-state index in [-0.39, 0.29) is 11.9 Å². The number of aryl methyl sites for hydroxylation is 1. The summed E-state index contributed by atoms with van der Waals surface area (Å²) in [5.74, 6) is 1.79. The fraction of sp³-hybridized carbons (Fsp3) is 0.357. The maximum atomic E-state index is 13.6. The highest BCUT2D eigenvalue weighted by Gasteiger charge is 2.27. The van der Waals surface area contributed by atoms with E-state index < -0.39 is 0 Å². The third kappa shape index (κ3) is 5.18. The summed E-state index contributed by atoms with van der Waals surface area (Å²) in [7, 11) is 4.92. The van der Waals surface area contributed by atoms with Crippen LogP contribution in [0.5, 0.6) is 17.2 Å². The third-order valence-electron chi connectivity index (χ3n) is 6.53. The SMILES string of the molecule is COc1ccc(CN2CCN(C(c3ccc(C)cc3)c3ccc(F)cc3)CC2)c(OC)c1OC. The molecule has 0 aromatic heterocycles. The molecule has 1 fully saturated rings. The monoisotopic (exact) mass is 464 g/mol. The van der Waals surface area contributed by atoms with E-state index in [1.165, 1.54) is 11.1 Å². The number of rotatable bonds is 8. The minimum absolute atomic E-state index is 0.0963. The zero-order valence-electron chi connectivity index (χ0n) is 20.4. The Morgan fingerprint density at radius 3 is 1.88 bits per heavy atom. The van der Waals surface area contributed by atoms with Gasteiger partial charge in [-0.15, -0.1) is 0 Å². The van der Waals surface area contributed by atoms with Crippen LogP contribution in [0.4, 0.5) is 4.39 Å². The fourth-order valence-electron chi connectivity index (χ4n) is 4.72. The van der Waals surface area contributed by atoms with Crippen molar-refractivity contribution in [1.82, 2.24) is 9.80 Å². The number of nitrogens with zero attached hydrogens (tertiary/aromatic N) is 2. The summed E-state index contributed by atoms with van der Waals surface area (Å²) in [6.07, 6.45) is 0. The van der Waals surface area contributed by atoms with Gasteiger partial charge in [-0.25, -0.2) is 4.39 Å². The Bertz CT molecular complexity index is 1030. The Kier molecular flexibility index (Phi) is 7.70. The molecule has 0 N–H and O–H groups in total. The van der Waals surface area contributed by atoms with Crippen molar-refractivity contribution in [2.75, 3.05) is 47.5 Å². The molecule has 3 aromatic rings. The van der Waals surface area contributed by atoms with Crippen molar-refractivity contribution < 1.29 is 18.6 Å². The molecule has 1 atom stereocenters. The molecule has 1 heterocycles. The van der Waals surface area contributed by atoms with Crippen molar-refractivity contribution in [2.45, 2.75) is 19.5 Å². The van der Waals surface area contributed by atoms with Crippen LogP contribution in [0.3, 0.4) is 0 Å². The van der Waals surface area contributed by atoms with Gasteiger partial charge in [0.05, 0.1) is 27.4 Å². The number of methoxy groups -OCH3 is 3. The van der Waals surface area contributed by atoms with Gasteiger partial charge in [0, 0.05) is 38.3 Å². The molecular formula is C28H33FN2O3. The standard InChI is InChI=1S/C28H33FN2O3/c1-20-5-7-21(8-6-20)26(22-9-12-24(29)13-10-22)31-17-15-30(16-18-31)19-23-11-14-25(32-2)28(34-4)27(23)33-3/h5-14,26H,15-19H2,1-4H3. The lowest BCUT2D eigenvalue weighted by molar-refractivity contribution is 0.104. The lowest BCUT2D eigenvalue weighted by atomic mass is 9.95. The maximum absolute atomic E-state index is 13.6. The molecule has 5 nitrogen and oxygen atoms in total. The van der Waals surface area contributed by atoms with Gasteiger partial charge in [-0.1, -0.05) is 48.0 Å². The van der Waals surface area contributed by atoms with E-state index in [0.29, 0.717) is 17.2 Å². The summed E-state index contributed by atoms with van der Waals surface area (Å²) in [5, 5.41) is 0. The Labute approximate surface area is 201 Å². The molecule has 3 aromatic carbocycles. The maximum Gasteiger partial charge on any atom is 0.203 e. The summed E-state index contributed by atoms with van der Waals surface area (Å²) in [4.78, 5) is 4.91. The number of piperazine rings is 1. The van der Waals surface area contributed by atoms with Gasteiger partial charge in [0.1, 0.15) is 5.82 Å². The van der Waals surface area contributed by atoms with Gasteiger partial charge in [0.15, 0.2) is 11.5 Å². The van der Waals surface area contributed by atoms with Crippen molar-refractivity contribution in [3.8, 4) is 17.2 Å². The fourth-order valence-corrected chi connectivity index (χ4v) is 4.72. The minimum atomic E-state index is -0.208. The number of hydrogen-bond donors (Lipinski definition) is 0. The van der Waals surface area contributed by atoms with Crippen LogP contribution in [0.15, 0.2) is 60.7 Å². The highest BCUT2D eigenvalue weighted by molar-refractivity contribution is 5.55. The largest absolute Gasteiger partial charge is 0.493 e. The van der Waals surface area contributed by atoms with Gasteiger partial charge in [-0.2, -0.15) is 0 Å². The minimum Gasteiger partial charge on any atom is -0.493 e. The van der Waals surface area contributed by atoms with Crippen LogP contribution in [-0.2, 0) is 6.54 Å². The predicted molar refractivity (Wildman–Crippen MR) is 132 cm³/mol. The summed E-state index contributed by atoms with van der Waals surface area (Å²) in [6.45, 7) is 6.51. The Morgan fingerprint density at radius 2 is 1.32 bits per heavy atom. The quantitative estimate of drug-likeness (QED) is 0.465. The van der Waals surface area contributed by atoms with Crippen LogP contribution in [0.1, 0.15) is 28.3 Å². The number of halogens is 1. The van der Waals surface area contributed by atoms with Gasteiger partial charge >= 0.3 is 0 Å². The first kappa shape index (κ1) is 24.0. The van der Waals surface area contributed by atoms with Crippen molar-refractivity contribution in [2.24, 2.45) is 0 Å². The van der Waals surface area contributed by atoms with Crippen LogP contribution >= 0.6 is 0 Å². The second-order valence-corrected chi connectivity index (χ2v) is 8.67. The van der Waals surface area contributed by atoms with Gasteiger partial charge in [0.25, 0.3) is 0 Å². The normalized spacial score (nSPS) is 15.7. The molecule has 0 spiro atoms. The van der Waals surface area contributed by atoms with E-state index in [9.17, 15) is 4.39 Å². The topological polar surface area (TPSA) is 34.2 Å².